The molecule has 6 heteroatoms. The van der Waals surface area contributed by atoms with E-state index in [2.05, 4.69) is 5.32 Å². The summed E-state index contributed by atoms with van der Waals surface area (Å²) in [6.45, 7) is 2.08. The van der Waals surface area contributed by atoms with Crippen molar-refractivity contribution in [3.63, 3.8) is 0 Å². The van der Waals surface area contributed by atoms with Gasteiger partial charge in [-0.25, -0.2) is 4.39 Å². The smallest absolute Gasteiger partial charge is 0.256 e. The predicted octanol–water partition coefficient (Wildman–Crippen LogP) is 2.95. The van der Waals surface area contributed by atoms with Gasteiger partial charge < -0.3 is 15.0 Å². The number of morpholine rings is 1. The van der Waals surface area contributed by atoms with Crippen molar-refractivity contribution < 1.29 is 18.7 Å². The van der Waals surface area contributed by atoms with Gasteiger partial charge in [-0.05, 0) is 35.9 Å². The van der Waals surface area contributed by atoms with Gasteiger partial charge in [0.1, 0.15) is 5.82 Å². The zero-order chi connectivity index (χ0) is 18.4. The number of amides is 2. The number of anilines is 1. The lowest BCUT2D eigenvalue weighted by atomic mass is 10.1. The van der Waals surface area contributed by atoms with E-state index in [1.54, 1.807) is 41.3 Å². The molecule has 1 N–H and O–H groups in total. The van der Waals surface area contributed by atoms with Crippen molar-refractivity contribution in [2.45, 2.75) is 0 Å². The highest BCUT2D eigenvalue weighted by atomic mass is 19.1. The summed E-state index contributed by atoms with van der Waals surface area (Å²) >= 11 is 0. The molecule has 1 heterocycles. The molecule has 2 aromatic carbocycles. The van der Waals surface area contributed by atoms with Crippen molar-refractivity contribution in [1.29, 1.82) is 0 Å². The molecule has 1 aliphatic rings. The van der Waals surface area contributed by atoms with Crippen molar-refractivity contribution in [1.82, 2.24) is 4.90 Å². The molecular formula is C20H19FN2O3. The molecule has 0 spiro atoms. The highest BCUT2D eigenvalue weighted by Crippen LogP contribution is 2.18. The van der Waals surface area contributed by atoms with Crippen LogP contribution in [0.15, 0.2) is 54.6 Å². The second kappa shape index (κ2) is 8.40. The molecule has 3 rings (SSSR count). The number of halogens is 1. The van der Waals surface area contributed by atoms with E-state index < -0.39 is 5.91 Å². The van der Waals surface area contributed by atoms with E-state index in [0.717, 1.165) is 0 Å². The highest BCUT2D eigenvalue weighted by Gasteiger charge is 2.21. The summed E-state index contributed by atoms with van der Waals surface area (Å²) < 4.78 is 18.4. The van der Waals surface area contributed by atoms with Crippen LogP contribution in [0.2, 0.25) is 0 Å². The largest absolute Gasteiger partial charge is 0.378 e. The summed E-state index contributed by atoms with van der Waals surface area (Å²) in [6.07, 6.45) is 2.83. The van der Waals surface area contributed by atoms with Gasteiger partial charge in [-0.1, -0.05) is 24.3 Å². The van der Waals surface area contributed by atoms with Crippen molar-refractivity contribution in [3.8, 4) is 0 Å². The van der Waals surface area contributed by atoms with Crippen molar-refractivity contribution in [2.75, 3.05) is 31.6 Å². The first-order chi connectivity index (χ1) is 12.6. The topological polar surface area (TPSA) is 58.6 Å². The van der Waals surface area contributed by atoms with Crippen LogP contribution < -0.4 is 5.32 Å². The first kappa shape index (κ1) is 17.8. The fraction of sp³-hybridized carbons (Fsp3) is 0.200. The maximum absolute atomic E-state index is 13.2. The minimum atomic E-state index is -0.392. The lowest BCUT2D eigenvalue weighted by Crippen LogP contribution is -2.41. The van der Waals surface area contributed by atoms with Crippen LogP contribution in [0.25, 0.3) is 6.08 Å². The van der Waals surface area contributed by atoms with E-state index in [4.69, 9.17) is 4.74 Å². The third-order valence-electron chi connectivity index (χ3n) is 3.99. The molecule has 0 radical (unpaired) electrons. The van der Waals surface area contributed by atoms with Crippen molar-refractivity contribution in [2.24, 2.45) is 0 Å². The quantitative estimate of drug-likeness (QED) is 0.859. The van der Waals surface area contributed by atoms with E-state index in [0.29, 0.717) is 43.1 Å². The van der Waals surface area contributed by atoms with E-state index in [9.17, 15) is 14.0 Å². The molecule has 26 heavy (non-hydrogen) atoms. The fourth-order valence-electron chi connectivity index (χ4n) is 2.67. The van der Waals surface area contributed by atoms with Crippen LogP contribution in [0.1, 0.15) is 15.9 Å². The lowest BCUT2D eigenvalue weighted by molar-refractivity contribution is -0.111. The van der Waals surface area contributed by atoms with E-state index in [1.165, 1.54) is 24.3 Å². The zero-order valence-corrected chi connectivity index (χ0v) is 14.2. The third-order valence-corrected chi connectivity index (χ3v) is 3.99. The van der Waals surface area contributed by atoms with Gasteiger partial charge in [-0.15, -0.1) is 0 Å². The monoisotopic (exact) mass is 354 g/mol. The molecule has 1 aliphatic heterocycles. The first-order valence-corrected chi connectivity index (χ1v) is 8.34. The van der Waals surface area contributed by atoms with Gasteiger partial charge in [0, 0.05) is 19.2 Å². The molecule has 2 aromatic rings. The van der Waals surface area contributed by atoms with Crippen LogP contribution in [-0.2, 0) is 9.53 Å². The molecule has 0 aromatic heterocycles. The molecule has 2 amide bonds. The molecule has 0 unspecified atom stereocenters. The van der Waals surface area contributed by atoms with Crippen LogP contribution in [0.5, 0.6) is 0 Å². The molecule has 1 saturated heterocycles. The molecule has 0 bridgehead atoms. The molecule has 134 valence electrons. The van der Waals surface area contributed by atoms with Crippen LogP contribution in [0.3, 0.4) is 0 Å². The van der Waals surface area contributed by atoms with Gasteiger partial charge in [0.15, 0.2) is 0 Å². The molecule has 0 saturated carbocycles. The minimum Gasteiger partial charge on any atom is -0.378 e. The maximum Gasteiger partial charge on any atom is 0.256 e. The second-order valence-corrected chi connectivity index (χ2v) is 5.83. The number of benzene rings is 2. The molecule has 0 atom stereocenters. The zero-order valence-electron chi connectivity index (χ0n) is 14.2. The third kappa shape index (κ3) is 4.55. The normalized spacial score (nSPS) is 14.4. The summed E-state index contributed by atoms with van der Waals surface area (Å²) in [7, 11) is 0. The molecular weight excluding hydrogens is 335 g/mol. The first-order valence-electron chi connectivity index (χ1n) is 8.34. The van der Waals surface area contributed by atoms with Crippen LogP contribution in [0, 0.1) is 5.82 Å². The van der Waals surface area contributed by atoms with Gasteiger partial charge in [-0.2, -0.15) is 0 Å². The number of para-hydroxylation sites is 1. The second-order valence-electron chi connectivity index (χ2n) is 5.83. The lowest BCUT2D eigenvalue weighted by Gasteiger charge is -2.27. The number of carbonyl (C=O) groups is 2. The van der Waals surface area contributed by atoms with E-state index >= 15 is 0 Å². The van der Waals surface area contributed by atoms with Gasteiger partial charge in [0.25, 0.3) is 5.91 Å². The van der Waals surface area contributed by atoms with E-state index in [1.807, 2.05) is 0 Å². The Labute approximate surface area is 151 Å². The molecule has 1 fully saturated rings. The number of hydrogen-bond donors (Lipinski definition) is 1. The summed E-state index contributed by atoms with van der Waals surface area (Å²) in [4.78, 5) is 26.6. The van der Waals surface area contributed by atoms with Crippen LogP contribution >= 0.6 is 0 Å². The van der Waals surface area contributed by atoms with E-state index in [-0.39, 0.29) is 11.7 Å². The summed E-state index contributed by atoms with van der Waals surface area (Å²) in [6, 6.07) is 12.8. The molecule has 5 nitrogen and oxygen atoms in total. The fourth-order valence-corrected chi connectivity index (χ4v) is 2.67. The number of nitrogens with zero attached hydrogens (tertiary/aromatic N) is 1. The number of carbonyl (C=O) groups excluding carboxylic acids is 2. The van der Waals surface area contributed by atoms with Crippen molar-refractivity contribution in [3.05, 3.63) is 71.6 Å². The summed E-state index contributed by atoms with van der Waals surface area (Å²) in [5, 5.41) is 2.72. The number of ether oxygens (including phenoxy) is 1. The number of nitrogens with one attached hydrogen (secondary N) is 1. The Kier molecular flexibility index (Phi) is 5.76. The Morgan fingerprint density at radius 3 is 2.62 bits per heavy atom. The Bertz CT molecular complexity index is 829. The van der Waals surface area contributed by atoms with Gasteiger partial charge in [-0.3, -0.25) is 9.59 Å². The van der Waals surface area contributed by atoms with Crippen LogP contribution in [-0.4, -0.2) is 43.0 Å². The Morgan fingerprint density at radius 1 is 1.08 bits per heavy atom. The minimum absolute atomic E-state index is 0.140. The predicted molar refractivity (Wildman–Crippen MR) is 97.2 cm³/mol. The maximum atomic E-state index is 13.2. The highest BCUT2D eigenvalue weighted by molar-refractivity contribution is 6.07. The van der Waals surface area contributed by atoms with Gasteiger partial charge in [0.05, 0.1) is 24.5 Å². The Balaban J connectivity index is 1.71. The Hall–Kier alpha value is -2.99. The summed E-state index contributed by atoms with van der Waals surface area (Å²) in [5.74, 6) is -0.899. The SMILES string of the molecule is O=C(/C=C/c1cccc(F)c1)Nc1ccccc1C(=O)N1CCOCC1. The van der Waals surface area contributed by atoms with Crippen LogP contribution in [0.4, 0.5) is 10.1 Å². The van der Waals surface area contributed by atoms with Gasteiger partial charge in [0.2, 0.25) is 5.91 Å². The van der Waals surface area contributed by atoms with Crippen molar-refractivity contribution >= 4 is 23.6 Å². The Morgan fingerprint density at radius 2 is 1.85 bits per heavy atom. The summed E-state index contributed by atoms with van der Waals surface area (Å²) in [5.41, 5.74) is 1.46. The standard InChI is InChI=1S/C20H19FN2O3/c21-16-5-3-4-15(14-16)8-9-19(24)22-18-7-2-1-6-17(18)20(25)23-10-12-26-13-11-23/h1-9,14H,10-13H2,(H,22,24)/b9-8+. The average molecular weight is 354 g/mol. The molecule has 0 aliphatic carbocycles. The number of hydrogen-bond acceptors (Lipinski definition) is 3. The number of rotatable bonds is 4. The van der Waals surface area contributed by atoms with Gasteiger partial charge >= 0.3 is 0 Å². The average Bonchev–Trinajstić information content (AvgIpc) is 2.67.